The van der Waals surface area contributed by atoms with E-state index in [-0.39, 0.29) is 30.4 Å². The normalized spacial score (nSPS) is 19.9. The Labute approximate surface area is 190 Å². The van der Waals surface area contributed by atoms with Crippen molar-refractivity contribution >= 4 is 21.8 Å². The summed E-state index contributed by atoms with van der Waals surface area (Å²) in [4.78, 5) is 28.2. The number of sulfonamides is 1. The second kappa shape index (κ2) is 9.83. The van der Waals surface area contributed by atoms with Gasteiger partial charge < -0.3 is 10.2 Å². The number of hydrogen-bond acceptors (Lipinski definition) is 4. The third kappa shape index (κ3) is 5.19. The van der Waals surface area contributed by atoms with Crippen LogP contribution in [0, 0.1) is 5.92 Å². The minimum atomic E-state index is -3.92. The summed E-state index contributed by atoms with van der Waals surface area (Å²) < 4.78 is 27.6. The molecule has 2 aromatic rings. The van der Waals surface area contributed by atoms with Gasteiger partial charge in [-0.15, -0.1) is 0 Å². The zero-order valence-electron chi connectivity index (χ0n) is 18.8. The maximum Gasteiger partial charge on any atom is 0.247 e. The first-order valence-corrected chi connectivity index (χ1v) is 12.3. The third-order valence-corrected chi connectivity index (χ3v) is 7.56. The predicted molar refractivity (Wildman–Crippen MR) is 123 cm³/mol. The van der Waals surface area contributed by atoms with Crippen molar-refractivity contribution in [1.29, 1.82) is 0 Å². The van der Waals surface area contributed by atoms with Crippen molar-refractivity contribution in [2.24, 2.45) is 5.92 Å². The van der Waals surface area contributed by atoms with E-state index in [0.717, 1.165) is 16.3 Å². The highest BCUT2D eigenvalue weighted by atomic mass is 32.2. The lowest BCUT2D eigenvalue weighted by Crippen LogP contribution is -2.69. The molecule has 0 saturated carbocycles. The molecular formula is C24H31N3O4S. The Bertz CT molecular complexity index is 1040. The average molecular weight is 458 g/mol. The molecule has 1 unspecified atom stereocenters. The molecule has 1 saturated heterocycles. The minimum Gasteiger partial charge on any atom is -0.354 e. The highest BCUT2D eigenvalue weighted by Crippen LogP contribution is 2.29. The van der Waals surface area contributed by atoms with Crippen LogP contribution in [0.5, 0.6) is 0 Å². The number of carbonyl (C=O) groups excluding carboxylic acids is 2. The zero-order chi connectivity index (χ0) is 23.4. The SMILES string of the molecule is CC(C)CCNC(=O)C1(C)CN(S(=O)(=O)c2ccccc2)CC(=O)N1Cc1ccccc1. The highest BCUT2D eigenvalue weighted by molar-refractivity contribution is 7.89. The number of piperazine rings is 1. The van der Waals surface area contributed by atoms with Gasteiger partial charge in [0, 0.05) is 19.6 Å². The van der Waals surface area contributed by atoms with Crippen LogP contribution in [0.15, 0.2) is 65.6 Å². The van der Waals surface area contributed by atoms with Crippen molar-refractivity contribution in [1.82, 2.24) is 14.5 Å². The van der Waals surface area contributed by atoms with E-state index in [1.807, 2.05) is 30.3 Å². The molecule has 172 valence electrons. The van der Waals surface area contributed by atoms with Gasteiger partial charge in [-0.2, -0.15) is 4.31 Å². The first kappa shape index (κ1) is 23.9. The van der Waals surface area contributed by atoms with Gasteiger partial charge in [0.25, 0.3) is 0 Å². The predicted octanol–water partition coefficient (Wildman–Crippen LogP) is 2.64. The Morgan fingerprint density at radius 1 is 1.06 bits per heavy atom. The van der Waals surface area contributed by atoms with Crippen LogP contribution < -0.4 is 5.32 Å². The molecule has 1 aliphatic rings. The van der Waals surface area contributed by atoms with Gasteiger partial charge in [0.1, 0.15) is 5.54 Å². The van der Waals surface area contributed by atoms with E-state index >= 15 is 0 Å². The minimum absolute atomic E-state index is 0.104. The number of nitrogens with one attached hydrogen (secondary N) is 1. The summed E-state index contributed by atoms with van der Waals surface area (Å²) in [6.07, 6.45) is 0.792. The molecule has 1 fully saturated rings. The highest BCUT2D eigenvalue weighted by Gasteiger charge is 2.50. The second-order valence-corrected chi connectivity index (χ2v) is 10.7. The quantitative estimate of drug-likeness (QED) is 0.660. The van der Waals surface area contributed by atoms with Crippen molar-refractivity contribution in [3.05, 3.63) is 66.2 Å². The molecule has 1 atom stereocenters. The van der Waals surface area contributed by atoms with Gasteiger partial charge in [0.15, 0.2) is 0 Å². The van der Waals surface area contributed by atoms with Gasteiger partial charge >= 0.3 is 0 Å². The fourth-order valence-electron chi connectivity index (χ4n) is 3.80. The van der Waals surface area contributed by atoms with E-state index in [9.17, 15) is 18.0 Å². The number of nitrogens with zero attached hydrogens (tertiary/aromatic N) is 2. The zero-order valence-corrected chi connectivity index (χ0v) is 19.6. The molecule has 3 rings (SSSR count). The Hall–Kier alpha value is -2.71. The molecular weight excluding hydrogens is 426 g/mol. The van der Waals surface area contributed by atoms with Crippen LogP contribution in [0.1, 0.15) is 32.8 Å². The molecule has 2 aromatic carbocycles. The summed E-state index contributed by atoms with van der Waals surface area (Å²) >= 11 is 0. The van der Waals surface area contributed by atoms with Gasteiger partial charge in [-0.05, 0) is 37.0 Å². The van der Waals surface area contributed by atoms with E-state index in [1.165, 1.54) is 17.0 Å². The monoisotopic (exact) mass is 457 g/mol. The summed E-state index contributed by atoms with van der Waals surface area (Å²) in [5, 5.41) is 2.92. The lowest BCUT2D eigenvalue weighted by atomic mass is 9.94. The summed E-state index contributed by atoms with van der Waals surface area (Å²) in [7, 11) is -3.92. The molecule has 0 radical (unpaired) electrons. The van der Waals surface area contributed by atoms with Crippen LogP contribution >= 0.6 is 0 Å². The van der Waals surface area contributed by atoms with E-state index in [1.54, 1.807) is 25.1 Å². The Kier molecular flexibility index (Phi) is 7.36. The molecule has 0 aromatic heterocycles. The summed E-state index contributed by atoms with van der Waals surface area (Å²) in [6.45, 7) is 6.04. The average Bonchev–Trinajstić information content (AvgIpc) is 2.77. The summed E-state index contributed by atoms with van der Waals surface area (Å²) in [5.41, 5.74) is -0.467. The topological polar surface area (TPSA) is 86.8 Å². The van der Waals surface area contributed by atoms with Crippen molar-refractivity contribution in [2.75, 3.05) is 19.6 Å². The fourth-order valence-corrected chi connectivity index (χ4v) is 5.30. The van der Waals surface area contributed by atoms with Gasteiger partial charge in [0.2, 0.25) is 21.8 Å². The Morgan fingerprint density at radius 3 is 2.25 bits per heavy atom. The summed E-state index contributed by atoms with van der Waals surface area (Å²) in [5.74, 6) is -0.344. The number of hydrogen-bond donors (Lipinski definition) is 1. The van der Waals surface area contributed by atoms with Crippen molar-refractivity contribution < 1.29 is 18.0 Å². The Morgan fingerprint density at radius 2 is 1.66 bits per heavy atom. The molecule has 1 heterocycles. The van der Waals surface area contributed by atoms with E-state index in [4.69, 9.17) is 0 Å². The first-order valence-electron chi connectivity index (χ1n) is 10.8. The maximum atomic E-state index is 13.3. The lowest BCUT2D eigenvalue weighted by Gasteiger charge is -2.46. The largest absolute Gasteiger partial charge is 0.354 e. The number of carbonyl (C=O) groups is 2. The second-order valence-electron chi connectivity index (χ2n) is 8.76. The van der Waals surface area contributed by atoms with Crippen LogP contribution in [0.3, 0.4) is 0 Å². The lowest BCUT2D eigenvalue weighted by molar-refractivity contribution is -0.153. The third-order valence-electron chi connectivity index (χ3n) is 5.75. The molecule has 1 N–H and O–H groups in total. The number of rotatable bonds is 8. The molecule has 8 heteroatoms. The van der Waals surface area contributed by atoms with Crippen molar-refractivity contribution in [3.63, 3.8) is 0 Å². The van der Waals surface area contributed by atoms with Gasteiger partial charge in [0.05, 0.1) is 11.4 Å². The van der Waals surface area contributed by atoms with Gasteiger partial charge in [-0.25, -0.2) is 8.42 Å². The van der Waals surface area contributed by atoms with Crippen LogP contribution in [-0.2, 0) is 26.2 Å². The molecule has 0 aliphatic carbocycles. The fraction of sp³-hybridized carbons (Fsp3) is 0.417. The molecule has 32 heavy (non-hydrogen) atoms. The maximum absolute atomic E-state index is 13.3. The van der Waals surface area contributed by atoms with Crippen molar-refractivity contribution in [3.8, 4) is 0 Å². The van der Waals surface area contributed by atoms with Crippen molar-refractivity contribution in [2.45, 2.75) is 44.2 Å². The van der Waals surface area contributed by atoms with Crippen LogP contribution in [0.25, 0.3) is 0 Å². The first-order chi connectivity index (χ1) is 15.1. The Balaban J connectivity index is 1.93. The summed E-state index contributed by atoms with van der Waals surface area (Å²) in [6, 6.07) is 17.4. The molecule has 2 amide bonds. The van der Waals surface area contributed by atoms with E-state index in [2.05, 4.69) is 19.2 Å². The van der Waals surface area contributed by atoms with Crippen LogP contribution in [0.2, 0.25) is 0 Å². The standard InChI is InChI=1S/C24H31N3O4S/c1-19(2)14-15-25-23(29)24(3)18-26(32(30,31)21-12-8-5-9-13-21)17-22(28)27(24)16-20-10-6-4-7-11-20/h4-13,19H,14-18H2,1-3H3,(H,25,29). The smallest absolute Gasteiger partial charge is 0.247 e. The molecule has 0 bridgehead atoms. The van der Waals surface area contributed by atoms with Gasteiger partial charge in [-0.3, -0.25) is 9.59 Å². The number of benzene rings is 2. The number of amides is 2. The van der Waals surface area contributed by atoms with E-state index in [0.29, 0.717) is 12.5 Å². The van der Waals surface area contributed by atoms with Gasteiger partial charge in [-0.1, -0.05) is 62.4 Å². The molecule has 0 spiro atoms. The molecule has 1 aliphatic heterocycles. The molecule has 7 nitrogen and oxygen atoms in total. The van der Waals surface area contributed by atoms with E-state index < -0.39 is 21.5 Å². The van der Waals surface area contributed by atoms with Crippen LogP contribution in [-0.4, -0.2) is 54.6 Å². The van der Waals surface area contributed by atoms with Crippen LogP contribution in [0.4, 0.5) is 0 Å².